The van der Waals surface area contributed by atoms with Gasteiger partial charge in [0.15, 0.2) is 5.79 Å². The van der Waals surface area contributed by atoms with Crippen molar-refractivity contribution in [3.05, 3.63) is 29.6 Å². The summed E-state index contributed by atoms with van der Waals surface area (Å²) in [6.07, 6.45) is 5.86. The normalized spacial score (nSPS) is 23.7. The van der Waals surface area contributed by atoms with Crippen LogP contribution < -0.4 is 0 Å². The summed E-state index contributed by atoms with van der Waals surface area (Å²) < 4.78 is 11.5. The van der Waals surface area contributed by atoms with Crippen LogP contribution in [-0.2, 0) is 22.3 Å². The van der Waals surface area contributed by atoms with E-state index in [1.165, 1.54) is 11.3 Å². The van der Waals surface area contributed by atoms with E-state index in [1.54, 1.807) is 0 Å². The molecular weight excluding hydrogens is 190 g/mol. The van der Waals surface area contributed by atoms with Gasteiger partial charge in [-0.2, -0.15) is 0 Å². The van der Waals surface area contributed by atoms with Crippen molar-refractivity contribution in [3.63, 3.8) is 0 Å². The van der Waals surface area contributed by atoms with E-state index in [4.69, 9.17) is 9.47 Å². The molecule has 3 heteroatoms. The summed E-state index contributed by atoms with van der Waals surface area (Å²) in [4.78, 5) is 4.42. The molecule has 0 N–H and O–H groups in total. The maximum absolute atomic E-state index is 5.77. The minimum Gasteiger partial charge on any atom is -0.347 e. The minimum atomic E-state index is -0.339. The topological polar surface area (TPSA) is 31.4 Å². The van der Waals surface area contributed by atoms with Crippen molar-refractivity contribution < 1.29 is 9.47 Å². The maximum Gasteiger partial charge on any atom is 0.172 e. The molecule has 1 spiro atoms. The number of ether oxygens (including phenoxy) is 2. The molecule has 15 heavy (non-hydrogen) atoms. The van der Waals surface area contributed by atoms with E-state index in [2.05, 4.69) is 11.1 Å². The van der Waals surface area contributed by atoms with Crippen molar-refractivity contribution in [2.75, 3.05) is 13.2 Å². The molecule has 0 saturated carbocycles. The van der Waals surface area contributed by atoms with Gasteiger partial charge in [0.05, 0.1) is 13.2 Å². The predicted octanol–water partition coefficient (Wildman–Crippen LogP) is 1.70. The number of fused-ring (bicyclic) bond motifs is 1. The minimum absolute atomic E-state index is 0.339. The smallest absolute Gasteiger partial charge is 0.172 e. The molecule has 0 radical (unpaired) electrons. The molecule has 2 aliphatic rings. The lowest BCUT2D eigenvalue weighted by molar-refractivity contribution is -0.160. The third-order valence-electron chi connectivity index (χ3n) is 3.23. The van der Waals surface area contributed by atoms with E-state index in [9.17, 15) is 0 Å². The summed E-state index contributed by atoms with van der Waals surface area (Å²) in [6.45, 7) is 1.46. The molecule has 0 atom stereocenters. The average Bonchev–Trinajstić information content (AvgIpc) is 2.61. The molecule has 0 bridgehead atoms. The maximum atomic E-state index is 5.77. The van der Waals surface area contributed by atoms with Crippen molar-refractivity contribution >= 4 is 0 Å². The molecule has 2 heterocycles. The largest absolute Gasteiger partial charge is 0.347 e. The lowest BCUT2D eigenvalue weighted by atomic mass is 10.0. The van der Waals surface area contributed by atoms with E-state index in [0.717, 1.165) is 38.9 Å². The summed E-state index contributed by atoms with van der Waals surface area (Å²) in [7, 11) is 0. The van der Waals surface area contributed by atoms with Gasteiger partial charge in [-0.1, -0.05) is 6.07 Å². The highest BCUT2D eigenvalue weighted by Gasteiger charge is 2.38. The van der Waals surface area contributed by atoms with E-state index >= 15 is 0 Å². The lowest BCUT2D eigenvalue weighted by Crippen LogP contribution is -2.32. The number of rotatable bonds is 0. The van der Waals surface area contributed by atoms with Gasteiger partial charge in [-0.3, -0.25) is 4.98 Å². The fraction of sp³-hybridized carbons (Fsp3) is 0.583. The molecule has 0 unspecified atom stereocenters. The third-order valence-corrected chi connectivity index (χ3v) is 3.23. The second kappa shape index (κ2) is 3.58. The average molecular weight is 205 g/mol. The van der Waals surface area contributed by atoms with Gasteiger partial charge in [-0.25, -0.2) is 0 Å². The van der Waals surface area contributed by atoms with Crippen LogP contribution in [0.25, 0.3) is 0 Å². The van der Waals surface area contributed by atoms with Crippen LogP contribution in [0.4, 0.5) is 0 Å². The Morgan fingerprint density at radius 3 is 3.00 bits per heavy atom. The molecule has 0 amide bonds. The number of hydrogen-bond donors (Lipinski definition) is 0. The van der Waals surface area contributed by atoms with Crippen LogP contribution in [-0.4, -0.2) is 24.0 Å². The first-order valence-electron chi connectivity index (χ1n) is 5.59. The van der Waals surface area contributed by atoms with E-state index in [0.29, 0.717) is 0 Å². The summed E-state index contributed by atoms with van der Waals surface area (Å²) in [5.74, 6) is -0.339. The summed E-state index contributed by atoms with van der Waals surface area (Å²) >= 11 is 0. The van der Waals surface area contributed by atoms with Crippen LogP contribution in [0.3, 0.4) is 0 Å². The zero-order valence-corrected chi connectivity index (χ0v) is 8.74. The summed E-state index contributed by atoms with van der Waals surface area (Å²) in [5.41, 5.74) is 2.50. The molecule has 1 aromatic rings. The molecule has 1 aromatic heterocycles. The van der Waals surface area contributed by atoms with Crippen LogP contribution in [0.5, 0.6) is 0 Å². The Kier molecular flexibility index (Phi) is 2.22. The number of hydrogen-bond acceptors (Lipinski definition) is 3. The van der Waals surface area contributed by atoms with E-state index in [1.807, 2.05) is 12.3 Å². The van der Waals surface area contributed by atoms with Crippen molar-refractivity contribution in [3.8, 4) is 0 Å². The molecule has 1 fully saturated rings. The fourth-order valence-electron chi connectivity index (χ4n) is 2.50. The Balaban J connectivity index is 1.94. The second-order valence-corrected chi connectivity index (χ2v) is 4.25. The van der Waals surface area contributed by atoms with Gasteiger partial charge < -0.3 is 9.47 Å². The van der Waals surface area contributed by atoms with Crippen LogP contribution >= 0.6 is 0 Å². The van der Waals surface area contributed by atoms with Crippen molar-refractivity contribution in [1.82, 2.24) is 4.98 Å². The van der Waals surface area contributed by atoms with Crippen molar-refractivity contribution in [1.29, 1.82) is 0 Å². The Morgan fingerprint density at radius 2 is 2.13 bits per heavy atom. The SMILES string of the molecule is c1cnc2c(c1)CC1(CCC2)OCCO1. The van der Waals surface area contributed by atoms with Crippen LogP contribution in [0.15, 0.2) is 18.3 Å². The number of aryl methyl sites for hydroxylation is 1. The zero-order valence-electron chi connectivity index (χ0n) is 8.74. The standard InChI is InChI=1S/C12H15NO2/c1-4-11-10(3-2-6-13-11)9-12(5-1)14-7-8-15-12/h2-3,6H,1,4-5,7-9H2. The summed E-state index contributed by atoms with van der Waals surface area (Å²) in [6, 6.07) is 4.13. The fourth-order valence-corrected chi connectivity index (χ4v) is 2.50. The Labute approximate surface area is 89.4 Å². The first-order valence-corrected chi connectivity index (χ1v) is 5.59. The van der Waals surface area contributed by atoms with Gasteiger partial charge in [-0.15, -0.1) is 0 Å². The third kappa shape index (κ3) is 1.66. The summed E-state index contributed by atoms with van der Waals surface area (Å²) in [5, 5.41) is 0. The quantitative estimate of drug-likeness (QED) is 0.646. The van der Waals surface area contributed by atoms with Gasteiger partial charge in [0.2, 0.25) is 0 Å². The van der Waals surface area contributed by atoms with Crippen LogP contribution in [0, 0.1) is 0 Å². The highest BCUT2D eigenvalue weighted by Crippen LogP contribution is 2.33. The first kappa shape index (κ1) is 9.31. The predicted molar refractivity (Wildman–Crippen MR) is 55.5 cm³/mol. The molecule has 1 aliphatic heterocycles. The highest BCUT2D eigenvalue weighted by molar-refractivity contribution is 5.23. The number of aromatic nitrogens is 1. The Bertz CT molecular complexity index is 358. The lowest BCUT2D eigenvalue weighted by Gasteiger charge is -2.25. The molecule has 3 rings (SSSR count). The van der Waals surface area contributed by atoms with Crippen molar-refractivity contribution in [2.45, 2.75) is 31.5 Å². The Hall–Kier alpha value is -0.930. The molecule has 3 nitrogen and oxygen atoms in total. The van der Waals surface area contributed by atoms with Crippen LogP contribution in [0.2, 0.25) is 0 Å². The second-order valence-electron chi connectivity index (χ2n) is 4.25. The van der Waals surface area contributed by atoms with E-state index in [-0.39, 0.29) is 5.79 Å². The van der Waals surface area contributed by atoms with Gasteiger partial charge >= 0.3 is 0 Å². The molecule has 80 valence electrons. The van der Waals surface area contributed by atoms with Crippen molar-refractivity contribution in [2.24, 2.45) is 0 Å². The van der Waals surface area contributed by atoms with Gasteiger partial charge in [0, 0.05) is 24.7 Å². The van der Waals surface area contributed by atoms with Gasteiger partial charge in [0.25, 0.3) is 0 Å². The molecule has 0 aromatic carbocycles. The van der Waals surface area contributed by atoms with Crippen LogP contribution in [0.1, 0.15) is 24.1 Å². The molecule has 1 aliphatic carbocycles. The number of pyridine rings is 1. The molecule has 1 saturated heterocycles. The van der Waals surface area contributed by atoms with E-state index < -0.39 is 0 Å². The highest BCUT2D eigenvalue weighted by atomic mass is 16.7. The molecular formula is C12H15NO2. The van der Waals surface area contributed by atoms with Gasteiger partial charge in [0.1, 0.15) is 0 Å². The van der Waals surface area contributed by atoms with Gasteiger partial charge in [-0.05, 0) is 24.5 Å². The number of nitrogens with zero attached hydrogens (tertiary/aromatic N) is 1. The zero-order chi connectivity index (χ0) is 10.1. The Morgan fingerprint density at radius 1 is 1.27 bits per heavy atom. The first-order chi connectivity index (χ1) is 7.38. The monoisotopic (exact) mass is 205 g/mol.